The van der Waals surface area contributed by atoms with E-state index < -0.39 is 29.8 Å². The van der Waals surface area contributed by atoms with Crippen molar-refractivity contribution in [1.29, 1.82) is 0 Å². The number of hydrogen-bond donors (Lipinski definition) is 4. The molecule has 0 unspecified atom stereocenters. The molecule has 1 aliphatic rings. The molecule has 14 nitrogen and oxygen atoms in total. The van der Waals surface area contributed by atoms with E-state index in [-0.39, 0.29) is 17.4 Å². The van der Waals surface area contributed by atoms with E-state index in [1.807, 2.05) is 0 Å². The van der Waals surface area contributed by atoms with E-state index in [4.69, 9.17) is 9.77 Å². The molecular formula is C17H17N9O5S2. The summed E-state index contributed by atoms with van der Waals surface area (Å²) in [4.78, 5) is -1.13. The van der Waals surface area contributed by atoms with Gasteiger partial charge in [-0.25, -0.2) is 36.4 Å². The molecule has 2 aromatic carbocycles. The van der Waals surface area contributed by atoms with Gasteiger partial charge in [0, 0.05) is 18.2 Å². The highest BCUT2D eigenvalue weighted by atomic mass is 32.2. The molecule has 172 valence electrons. The molecule has 1 atom stereocenters. The fourth-order valence-corrected chi connectivity index (χ4v) is 6.66. The summed E-state index contributed by atoms with van der Waals surface area (Å²) < 4.78 is 59.2. The molecule has 1 saturated heterocycles. The molecule has 16 heteroatoms. The summed E-state index contributed by atoms with van der Waals surface area (Å²) in [6.45, 7) is 1.06. The molecule has 5 rings (SSSR count). The molecule has 4 aromatic rings. The van der Waals surface area contributed by atoms with Gasteiger partial charge < -0.3 is 5.32 Å². The van der Waals surface area contributed by atoms with Crippen LogP contribution in [-0.4, -0.2) is 66.9 Å². The minimum absolute atomic E-state index is 0.0769. The second kappa shape index (κ2) is 7.92. The lowest BCUT2D eigenvalue weighted by molar-refractivity contribution is 0.315. The van der Waals surface area contributed by atoms with E-state index in [1.54, 1.807) is 18.2 Å². The maximum atomic E-state index is 13.2. The molecule has 1 fully saturated rings. The topological polar surface area (TPSA) is 212 Å². The summed E-state index contributed by atoms with van der Waals surface area (Å²) in [6.07, 6.45) is 0.562. The Morgan fingerprint density at radius 3 is 2.61 bits per heavy atom. The van der Waals surface area contributed by atoms with E-state index in [1.165, 1.54) is 12.1 Å². The van der Waals surface area contributed by atoms with Crippen LogP contribution in [0.2, 0.25) is 0 Å². The van der Waals surface area contributed by atoms with Gasteiger partial charge in [-0.1, -0.05) is 12.1 Å². The van der Waals surface area contributed by atoms with Crippen molar-refractivity contribution in [2.75, 3.05) is 13.1 Å². The minimum Gasteiger partial charge on any atom is -0.315 e. The Hall–Kier alpha value is -3.31. The largest absolute Gasteiger partial charge is 0.315 e. The van der Waals surface area contributed by atoms with Gasteiger partial charge in [0.1, 0.15) is 20.8 Å². The van der Waals surface area contributed by atoms with Crippen LogP contribution in [0.4, 0.5) is 0 Å². The van der Waals surface area contributed by atoms with Gasteiger partial charge in [-0.05, 0) is 63.0 Å². The van der Waals surface area contributed by atoms with Gasteiger partial charge in [0.15, 0.2) is 5.82 Å². The van der Waals surface area contributed by atoms with E-state index in [0.29, 0.717) is 41.7 Å². The quantitative estimate of drug-likeness (QED) is 0.266. The highest BCUT2D eigenvalue weighted by Gasteiger charge is 2.33. The maximum absolute atomic E-state index is 13.2. The van der Waals surface area contributed by atoms with Crippen molar-refractivity contribution in [1.82, 2.24) is 41.0 Å². The molecule has 0 spiro atoms. The maximum Gasteiger partial charge on any atom is 0.242 e. The van der Waals surface area contributed by atoms with Crippen LogP contribution in [0, 0.1) is 0 Å². The Morgan fingerprint density at radius 1 is 1.09 bits per heavy atom. The fourth-order valence-electron chi connectivity index (χ4n) is 3.79. The third-order valence-electron chi connectivity index (χ3n) is 5.22. The standard InChI is InChI=1S/C17H17N9O5S2/c18-32(27,28)16-14(33(29,30)24-10-5-6-19-8-10)4-2-11(15(16)17-20-25-26-21-17)9-1-3-12-13(7-9)23-31-22-12/h1-4,7,10,19,24H,5-6,8H2,(H2,18,27,28)(H,20,21,25,26)/t10-/m1/s1. The number of nitrogens with two attached hydrogens (primary N) is 1. The van der Waals surface area contributed by atoms with Gasteiger partial charge >= 0.3 is 0 Å². The van der Waals surface area contributed by atoms with Crippen molar-refractivity contribution >= 4 is 31.1 Å². The zero-order valence-corrected chi connectivity index (χ0v) is 18.4. The van der Waals surface area contributed by atoms with E-state index in [0.717, 1.165) is 0 Å². The number of hydrogen-bond acceptors (Lipinski definition) is 11. The summed E-state index contributed by atoms with van der Waals surface area (Å²) >= 11 is 0. The monoisotopic (exact) mass is 491 g/mol. The zero-order valence-electron chi connectivity index (χ0n) is 16.8. The van der Waals surface area contributed by atoms with Crippen LogP contribution in [0.3, 0.4) is 0 Å². The number of rotatable bonds is 6. The lowest BCUT2D eigenvalue weighted by Crippen LogP contribution is -2.37. The smallest absolute Gasteiger partial charge is 0.242 e. The summed E-state index contributed by atoms with van der Waals surface area (Å²) in [5.41, 5.74) is 1.61. The third-order valence-corrected chi connectivity index (χ3v) is 7.91. The molecular weight excluding hydrogens is 474 g/mol. The van der Waals surface area contributed by atoms with Crippen LogP contribution in [0.15, 0.2) is 44.8 Å². The van der Waals surface area contributed by atoms with Crippen LogP contribution < -0.4 is 15.2 Å². The summed E-state index contributed by atoms with van der Waals surface area (Å²) in [5.74, 6) is -0.0769. The molecule has 0 saturated carbocycles. The molecule has 5 N–H and O–H groups in total. The average molecular weight is 492 g/mol. The number of primary sulfonamides is 1. The highest BCUT2D eigenvalue weighted by Crippen LogP contribution is 2.39. The molecule has 33 heavy (non-hydrogen) atoms. The number of sulfonamides is 2. The number of H-pyrrole nitrogens is 1. The van der Waals surface area contributed by atoms with Crippen molar-refractivity contribution in [3.8, 4) is 22.5 Å². The third kappa shape index (κ3) is 3.98. The van der Waals surface area contributed by atoms with Gasteiger partial charge in [0.2, 0.25) is 20.0 Å². The summed E-state index contributed by atoms with van der Waals surface area (Å²) in [6, 6.07) is 7.15. The van der Waals surface area contributed by atoms with Crippen LogP contribution >= 0.6 is 0 Å². The van der Waals surface area contributed by atoms with E-state index in [2.05, 4.69) is 41.0 Å². The number of nitrogens with one attached hydrogen (secondary N) is 3. The first-order valence-corrected chi connectivity index (χ1v) is 12.7. The lowest BCUT2D eigenvalue weighted by atomic mass is 9.98. The van der Waals surface area contributed by atoms with E-state index >= 15 is 0 Å². The molecule has 0 amide bonds. The van der Waals surface area contributed by atoms with Crippen molar-refractivity contribution in [3.63, 3.8) is 0 Å². The van der Waals surface area contributed by atoms with Crippen molar-refractivity contribution in [3.05, 3.63) is 30.3 Å². The SMILES string of the molecule is NS(=O)(=O)c1c(S(=O)(=O)N[C@@H]2CCNC2)ccc(-c2ccc3nonc3c2)c1-c1nnn[nH]1. The molecule has 2 aromatic heterocycles. The van der Waals surface area contributed by atoms with Gasteiger partial charge in [0.25, 0.3) is 0 Å². The lowest BCUT2D eigenvalue weighted by Gasteiger charge is -2.18. The Morgan fingerprint density at radius 2 is 1.91 bits per heavy atom. The van der Waals surface area contributed by atoms with Gasteiger partial charge in [-0.15, -0.1) is 5.10 Å². The van der Waals surface area contributed by atoms with Gasteiger partial charge in [0.05, 0.1) is 0 Å². The number of benzene rings is 2. The molecule has 0 bridgehead atoms. The zero-order chi connectivity index (χ0) is 23.2. The predicted octanol–water partition coefficient (Wildman–Crippen LogP) is -0.642. The normalized spacial score (nSPS) is 17.1. The van der Waals surface area contributed by atoms with Crippen LogP contribution in [0.1, 0.15) is 6.42 Å². The molecule has 0 aliphatic carbocycles. The Labute approximate surface area is 187 Å². The number of aromatic nitrogens is 6. The first-order valence-electron chi connectivity index (χ1n) is 9.64. The van der Waals surface area contributed by atoms with Gasteiger partial charge in [-0.2, -0.15) is 0 Å². The molecule has 1 aliphatic heterocycles. The average Bonchev–Trinajstić information content (AvgIpc) is 3.53. The second-order valence-corrected chi connectivity index (χ2v) is 10.6. The molecule has 3 heterocycles. The Kier molecular flexibility index (Phi) is 5.17. The predicted molar refractivity (Wildman–Crippen MR) is 113 cm³/mol. The first kappa shape index (κ1) is 21.5. The summed E-state index contributed by atoms with van der Waals surface area (Å²) in [5, 5.41) is 29.4. The first-order chi connectivity index (χ1) is 15.7. The number of aromatic amines is 1. The van der Waals surface area contributed by atoms with E-state index in [9.17, 15) is 16.8 Å². The van der Waals surface area contributed by atoms with Crippen LogP contribution in [0.25, 0.3) is 33.5 Å². The van der Waals surface area contributed by atoms with Crippen LogP contribution in [0.5, 0.6) is 0 Å². The number of tetrazole rings is 1. The highest BCUT2D eigenvalue weighted by molar-refractivity contribution is 7.92. The minimum atomic E-state index is -4.57. The Balaban J connectivity index is 1.78. The second-order valence-electron chi connectivity index (χ2n) is 7.39. The van der Waals surface area contributed by atoms with Crippen molar-refractivity contribution in [2.45, 2.75) is 22.3 Å². The van der Waals surface area contributed by atoms with Crippen LogP contribution in [-0.2, 0) is 20.0 Å². The number of fused-ring (bicyclic) bond motifs is 1. The van der Waals surface area contributed by atoms with Crippen molar-refractivity contribution < 1.29 is 21.5 Å². The molecule has 0 radical (unpaired) electrons. The summed E-state index contributed by atoms with van der Waals surface area (Å²) in [7, 11) is -8.83. The Bertz CT molecular complexity index is 1540. The van der Waals surface area contributed by atoms with Gasteiger partial charge in [-0.3, -0.25) is 0 Å². The fraction of sp³-hybridized carbons (Fsp3) is 0.235. The van der Waals surface area contributed by atoms with Crippen molar-refractivity contribution in [2.24, 2.45) is 5.14 Å². The number of nitrogens with zero attached hydrogens (tertiary/aromatic N) is 5.